The molecule has 11 heavy (non-hydrogen) atoms. The van der Waals surface area contributed by atoms with Crippen LogP contribution in [0.4, 0.5) is 0 Å². The number of carboxylic acids is 1. The third-order valence-electron chi connectivity index (χ3n) is 0.894. The minimum Gasteiger partial charge on any atom is -0.475 e. The normalized spacial score (nSPS) is 9.91. The van der Waals surface area contributed by atoms with Crippen molar-refractivity contribution < 1.29 is 19.5 Å². The maximum atomic E-state index is 10.4. The van der Waals surface area contributed by atoms with E-state index in [1.807, 2.05) is 0 Å². The number of ketones is 2. The molecule has 0 aliphatic heterocycles. The van der Waals surface area contributed by atoms with E-state index in [4.69, 9.17) is 5.11 Å². The quantitative estimate of drug-likeness (QED) is 0.465. The Morgan fingerprint density at radius 1 is 1.36 bits per heavy atom. The van der Waals surface area contributed by atoms with E-state index in [2.05, 4.69) is 0 Å². The second-order valence-corrected chi connectivity index (χ2v) is 1.95. The summed E-state index contributed by atoms with van der Waals surface area (Å²) in [4.78, 5) is 30.5. The lowest BCUT2D eigenvalue weighted by Crippen LogP contribution is -2.10. The minimum atomic E-state index is -1.47. The fourth-order valence-corrected chi connectivity index (χ4v) is 0.419. The van der Waals surface area contributed by atoms with Crippen molar-refractivity contribution in [3.63, 3.8) is 0 Å². The van der Waals surface area contributed by atoms with E-state index in [1.165, 1.54) is 19.1 Å². The summed E-state index contributed by atoms with van der Waals surface area (Å²) in [5.74, 6) is -2.59. The van der Waals surface area contributed by atoms with Gasteiger partial charge in [0.2, 0.25) is 5.78 Å². The van der Waals surface area contributed by atoms with Gasteiger partial charge in [-0.2, -0.15) is 0 Å². The molecule has 0 aromatic carbocycles. The topological polar surface area (TPSA) is 71.4 Å². The van der Waals surface area contributed by atoms with E-state index in [0.717, 1.165) is 0 Å². The number of Topliss-reactive ketones (excluding diaryl/α,β-unsaturated/α-hetero) is 1. The van der Waals surface area contributed by atoms with Crippen molar-refractivity contribution in [2.45, 2.75) is 13.3 Å². The second kappa shape index (κ2) is 4.38. The van der Waals surface area contributed by atoms with Crippen molar-refractivity contribution in [2.75, 3.05) is 0 Å². The molecule has 0 aliphatic rings. The van der Waals surface area contributed by atoms with Crippen LogP contribution in [-0.4, -0.2) is 22.6 Å². The van der Waals surface area contributed by atoms with Crippen LogP contribution in [0.1, 0.15) is 13.3 Å². The number of carboxylic acid groups (broad SMARTS) is 1. The first-order valence-electron chi connectivity index (χ1n) is 2.97. The van der Waals surface area contributed by atoms with Gasteiger partial charge in [0.15, 0.2) is 5.78 Å². The fraction of sp³-hybridized carbons (Fsp3) is 0.286. The van der Waals surface area contributed by atoms with Crippen molar-refractivity contribution >= 4 is 17.5 Å². The number of hydrogen-bond acceptors (Lipinski definition) is 3. The van der Waals surface area contributed by atoms with Crippen molar-refractivity contribution in [1.29, 1.82) is 0 Å². The number of hydrogen-bond donors (Lipinski definition) is 1. The lowest BCUT2D eigenvalue weighted by molar-refractivity contribution is -0.148. The van der Waals surface area contributed by atoms with E-state index < -0.39 is 11.8 Å². The summed E-state index contributed by atoms with van der Waals surface area (Å²) in [5, 5.41) is 8.08. The molecule has 60 valence electrons. The van der Waals surface area contributed by atoms with Gasteiger partial charge in [-0.05, 0) is 13.0 Å². The van der Waals surface area contributed by atoms with E-state index in [1.54, 1.807) is 0 Å². The Hall–Kier alpha value is -1.45. The molecule has 0 amide bonds. The largest absolute Gasteiger partial charge is 0.475 e. The first kappa shape index (κ1) is 9.55. The van der Waals surface area contributed by atoms with Crippen molar-refractivity contribution in [3.8, 4) is 0 Å². The van der Waals surface area contributed by atoms with Crippen LogP contribution in [0.2, 0.25) is 0 Å². The van der Waals surface area contributed by atoms with Gasteiger partial charge in [0, 0.05) is 6.42 Å². The van der Waals surface area contributed by atoms with Gasteiger partial charge in [0.05, 0.1) is 0 Å². The molecule has 0 atom stereocenters. The van der Waals surface area contributed by atoms with Crippen molar-refractivity contribution in [2.24, 2.45) is 0 Å². The maximum absolute atomic E-state index is 10.4. The third kappa shape index (κ3) is 5.02. The van der Waals surface area contributed by atoms with E-state index in [-0.39, 0.29) is 12.2 Å². The zero-order valence-corrected chi connectivity index (χ0v) is 6.03. The van der Waals surface area contributed by atoms with E-state index in [9.17, 15) is 14.4 Å². The van der Waals surface area contributed by atoms with Crippen LogP contribution < -0.4 is 0 Å². The highest BCUT2D eigenvalue weighted by atomic mass is 16.4. The van der Waals surface area contributed by atoms with Gasteiger partial charge in [0.1, 0.15) is 0 Å². The van der Waals surface area contributed by atoms with Crippen LogP contribution in [0.15, 0.2) is 12.2 Å². The highest BCUT2D eigenvalue weighted by molar-refractivity contribution is 6.33. The Balaban J connectivity index is 3.80. The van der Waals surface area contributed by atoms with Crippen LogP contribution in [0.25, 0.3) is 0 Å². The first-order chi connectivity index (χ1) is 5.04. The maximum Gasteiger partial charge on any atom is 0.372 e. The first-order valence-corrected chi connectivity index (χ1v) is 2.97. The summed E-state index contributed by atoms with van der Waals surface area (Å²) in [6.07, 6.45) is 2.18. The van der Waals surface area contributed by atoms with Crippen LogP contribution >= 0.6 is 0 Å². The molecule has 0 bridgehead atoms. The van der Waals surface area contributed by atoms with Crippen molar-refractivity contribution in [1.82, 2.24) is 0 Å². The summed E-state index contributed by atoms with van der Waals surface area (Å²) in [6, 6.07) is 0. The molecule has 0 fully saturated rings. The van der Waals surface area contributed by atoms with Gasteiger partial charge in [-0.1, -0.05) is 6.08 Å². The lowest BCUT2D eigenvalue weighted by atomic mass is 10.2. The monoisotopic (exact) mass is 156 g/mol. The zero-order valence-electron chi connectivity index (χ0n) is 6.03. The predicted molar refractivity (Wildman–Crippen MR) is 37.1 cm³/mol. The molecule has 0 rings (SSSR count). The molecule has 0 unspecified atom stereocenters. The minimum absolute atomic E-state index is 0.205. The molecule has 0 saturated carbocycles. The summed E-state index contributed by atoms with van der Waals surface area (Å²) in [6.45, 7) is 1.32. The molecule has 0 aromatic heterocycles. The average Bonchev–Trinajstić information content (AvgIpc) is 1.86. The van der Waals surface area contributed by atoms with Crippen molar-refractivity contribution in [3.05, 3.63) is 12.2 Å². The Morgan fingerprint density at radius 3 is 2.27 bits per heavy atom. The molecule has 0 aromatic rings. The van der Waals surface area contributed by atoms with Gasteiger partial charge in [-0.25, -0.2) is 4.79 Å². The Labute approximate surface area is 63.5 Å². The highest BCUT2D eigenvalue weighted by Crippen LogP contribution is 1.86. The highest BCUT2D eigenvalue weighted by Gasteiger charge is 2.07. The number of rotatable bonds is 4. The number of carbonyl (C=O) groups excluding carboxylic acids is 2. The van der Waals surface area contributed by atoms with Crippen LogP contribution in [-0.2, 0) is 14.4 Å². The van der Waals surface area contributed by atoms with Gasteiger partial charge in [-0.15, -0.1) is 0 Å². The van der Waals surface area contributed by atoms with E-state index >= 15 is 0 Å². The lowest BCUT2D eigenvalue weighted by Gasteiger charge is -1.85. The molecule has 0 heterocycles. The van der Waals surface area contributed by atoms with Crippen LogP contribution in [0, 0.1) is 0 Å². The summed E-state index contributed by atoms with van der Waals surface area (Å²) < 4.78 is 0. The van der Waals surface area contributed by atoms with E-state index in [0.29, 0.717) is 0 Å². The number of carbonyl (C=O) groups is 3. The molecule has 0 radical (unpaired) electrons. The summed E-state index contributed by atoms with van der Waals surface area (Å²) >= 11 is 0. The Kier molecular flexibility index (Phi) is 3.80. The van der Waals surface area contributed by atoms with Crippen LogP contribution in [0.5, 0.6) is 0 Å². The standard InChI is InChI=1S/C7H8O4/c1-5(8)3-2-4-6(9)7(10)11/h2-3H,4H2,1H3,(H,10,11)/b3-2+. The number of allylic oxidation sites excluding steroid dienone is 2. The molecular formula is C7H8O4. The molecule has 1 N–H and O–H groups in total. The predicted octanol–water partition coefficient (Wildman–Crippen LogP) is 0.175. The Bertz CT molecular complexity index is 214. The summed E-state index contributed by atoms with van der Waals surface area (Å²) in [7, 11) is 0. The average molecular weight is 156 g/mol. The van der Waals surface area contributed by atoms with Gasteiger partial charge >= 0.3 is 5.97 Å². The third-order valence-corrected chi connectivity index (χ3v) is 0.894. The molecule has 0 spiro atoms. The smallest absolute Gasteiger partial charge is 0.372 e. The molecule has 4 heteroatoms. The number of aliphatic carboxylic acids is 1. The molecule has 0 aliphatic carbocycles. The SMILES string of the molecule is CC(=O)/C=C/CC(=O)C(=O)O. The second-order valence-electron chi connectivity index (χ2n) is 1.95. The Morgan fingerprint density at radius 2 is 1.91 bits per heavy atom. The molecule has 0 saturated heterocycles. The van der Waals surface area contributed by atoms with Gasteiger partial charge in [0.25, 0.3) is 0 Å². The fourth-order valence-electron chi connectivity index (χ4n) is 0.419. The van der Waals surface area contributed by atoms with Crippen LogP contribution in [0.3, 0.4) is 0 Å². The van der Waals surface area contributed by atoms with Gasteiger partial charge in [-0.3, -0.25) is 9.59 Å². The zero-order chi connectivity index (χ0) is 8.85. The van der Waals surface area contributed by atoms with Gasteiger partial charge < -0.3 is 5.11 Å². The molecular weight excluding hydrogens is 148 g/mol. The molecule has 4 nitrogen and oxygen atoms in total. The summed E-state index contributed by atoms with van der Waals surface area (Å²) in [5.41, 5.74) is 0.